The SMILES string of the molecule is CC.Cc1ccc(C(=O)N(C)C)cc1. The van der Waals surface area contributed by atoms with Gasteiger partial charge in [0.05, 0.1) is 0 Å². The number of carbonyl (C=O) groups excluding carboxylic acids is 1. The van der Waals surface area contributed by atoms with Crippen molar-refractivity contribution in [2.24, 2.45) is 0 Å². The Morgan fingerprint density at radius 3 is 1.86 bits per heavy atom. The maximum Gasteiger partial charge on any atom is 0.253 e. The second kappa shape index (κ2) is 6.19. The molecule has 0 fully saturated rings. The number of hydrogen-bond donors (Lipinski definition) is 0. The monoisotopic (exact) mass is 193 g/mol. The minimum Gasteiger partial charge on any atom is -0.345 e. The van der Waals surface area contributed by atoms with Crippen molar-refractivity contribution in [1.29, 1.82) is 0 Å². The molecule has 2 heteroatoms. The molecule has 0 unspecified atom stereocenters. The van der Waals surface area contributed by atoms with Crippen LogP contribution < -0.4 is 0 Å². The quantitative estimate of drug-likeness (QED) is 0.671. The molecule has 0 aliphatic heterocycles. The summed E-state index contributed by atoms with van der Waals surface area (Å²) in [6.45, 7) is 6.00. The Hall–Kier alpha value is -1.31. The summed E-state index contributed by atoms with van der Waals surface area (Å²) in [7, 11) is 3.50. The average molecular weight is 193 g/mol. The van der Waals surface area contributed by atoms with E-state index in [0.717, 1.165) is 5.56 Å². The van der Waals surface area contributed by atoms with Gasteiger partial charge in [-0.3, -0.25) is 4.79 Å². The van der Waals surface area contributed by atoms with Gasteiger partial charge in [-0.1, -0.05) is 31.5 Å². The average Bonchev–Trinajstić information content (AvgIpc) is 2.21. The summed E-state index contributed by atoms with van der Waals surface area (Å²) in [4.78, 5) is 13.0. The standard InChI is InChI=1S/C10H13NO.C2H6/c1-8-4-6-9(7-5-8)10(12)11(2)3;1-2/h4-7H,1-3H3;1-2H3. The van der Waals surface area contributed by atoms with Crippen molar-refractivity contribution in [2.75, 3.05) is 14.1 Å². The van der Waals surface area contributed by atoms with Crippen LogP contribution in [0, 0.1) is 6.92 Å². The maximum atomic E-state index is 11.4. The van der Waals surface area contributed by atoms with Gasteiger partial charge in [-0.2, -0.15) is 0 Å². The topological polar surface area (TPSA) is 20.3 Å². The van der Waals surface area contributed by atoms with Gasteiger partial charge in [-0.25, -0.2) is 0 Å². The Kier molecular flexibility index (Phi) is 5.61. The lowest BCUT2D eigenvalue weighted by Gasteiger charge is -2.09. The zero-order valence-corrected chi connectivity index (χ0v) is 9.66. The van der Waals surface area contributed by atoms with Crippen LogP contribution in [0.3, 0.4) is 0 Å². The Bertz CT molecular complexity index is 275. The fourth-order valence-corrected chi connectivity index (χ4v) is 0.954. The third-order valence-electron chi connectivity index (χ3n) is 1.70. The Labute approximate surface area is 86.5 Å². The van der Waals surface area contributed by atoms with Crippen LogP contribution in [0.2, 0.25) is 0 Å². The molecule has 0 aliphatic rings. The third kappa shape index (κ3) is 3.60. The first kappa shape index (κ1) is 12.7. The molecule has 78 valence electrons. The normalized spacial score (nSPS) is 8.64. The number of rotatable bonds is 1. The highest BCUT2D eigenvalue weighted by Gasteiger charge is 2.05. The first-order valence-corrected chi connectivity index (χ1v) is 4.89. The number of hydrogen-bond acceptors (Lipinski definition) is 1. The van der Waals surface area contributed by atoms with Crippen molar-refractivity contribution in [3.63, 3.8) is 0 Å². The fourth-order valence-electron chi connectivity index (χ4n) is 0.954. The van der Waals surface area contributed by atoms with Crippen LogP contribution in [-0.2, 0) is 0 Å². The first-order chi connectivity index (χ1) is 6.61. The van der Waals surface area contributed by atoms with E-state index in [9.17, 15) is 4.79 Å². The molecule has 0 aromatic heterocycles. The zero-order valence-electron chi connectivity index (χ0n) is 9.66. The lowest BCUT2D eigenvalue weighted by atomic mass is 10.1. The summed E-state index contributed by atoms with van der Waals surface area (Å²) in [6.07, 6.45) is 0. The lowest BCUT2D eigenvalue weighted by molar-refractivity contribution is 0.0827. The van der Waals surface area contributed by atoms with Crippen molar-refractivity contribution in [2.45, 2.75) is 20.8 Å². The number of nitrogens with zero attached hydrogens (tertiary/aromatic N) is 1. The highest BCUT2D eigenvalue weighted by atomic mass is 16.2. The lowest BCUT2D eigenvalue weighted by Crippen LogP contribution is -2.21. The molecular formula is C12H19NO. The molecule has 0 N–H and O–H groups in total. The summed E-state index contributed by atoms with van der Waals surface area (Å²) in [5, 5.41) is 0. The van der Waals surface area contributed by atoms with Gasteiger partial charge < -0.3 is 4.90 Å². The van der Waals surface area contributed by atoms with Crippen molar-refractivity contribution < 1.29 is 4.79 Å². The Balaban J connectivity index is 0.000000791. The maximum absolute atomic E-state index is 11.4. The Morgan fingerprint density at radius 2 is 1.50 bits per heavy atom. The summed E-state index contributed by atoms with van der Waals surface area (Å²) in [6, 6.07) is 7.57. The molecule has 0 saturated heterocycles. The second-order valence-corrected chi connectivity index (χ2v) is 3.07. The third-order valence-corrected chi connectivity index (χ3v) is 1.70. The zero-order chi connectivity index (χ0) is 11.1. The van der Waals surface area contributed by atoms with Crippen LogP contribution in [0.5, 0.6) is 0 Å². The van der Waals surface area contributed by atoms with Crippen LogP contribution in [0.4, 0.5) is 0 Å². The van der Waals surface area contributed by atoms with E-state index in [4.69, 9.17) is 0 Å². The number of aryl methyl sites for hydroxylation is 1. The van der Waals surface area contributed by atoms with E-state index in [2.05, 4.69) is 0 Å². The van der Waals surface area contributed by atoms with Gasteiger partial charge in [-0.05, 0) is 19.1 Å². The van der Waals surface area contributed by atoms with Crippen LogP contribution >= 0.6 is 0 Å². The number of benzene rings is 1. The van der Waals surface area contributed by atoms with E-state index < -0.39 is 0 Å². The molecule has 0 atom stereocenters. The highest BCUT2D eigenvalue weighted by Crippen LogP contribution is 2.04. The van der Waals surface area contributed by atoms with Gasteiger partial charge in [0, 0.05) is 19.7 Å². The van der Waals surface area contributed by atoms with Crippen molar-refractivity contribution in [3.05, 3.63) is 35.4 Å². The van der Waals surface area contributed by atoms with Crippen molar-refractivity contribution in [1.82, 2.24) is 4.90 Å². The summed E-state index contributed by atoms with van der Waals surface area (Å²) in [5.41, 5.74) is 1.91. The molecule has 2 nitrogen and oxygen atoms in total. The molecule has 0 spiro atoms. The molecule has 0 radical (unpaired) electrons. The van der Waals surface area contributed by atoms with E-state index in [0.29, 0.717) is 0 Å². The molecule has 0 bridgehead atoms. The van der Waals surface area contributed by atoms with E-state index in [1.807, 2.05) is 45.0 Å². The summed E-state index contributed by atoms with van der Waals surface area (Å²) < 4.78 is 0. The second-order valence-electron chi connectivity index (χ2n) is 3.07. The minimum atomic E-state index is 0.0509. The number of amides is 1. The highest BCUT2D eigenvalue weighted by molar-refractivity contribution is 5.93. The summed E-state index contributed by atoms with van der Waals surface area (Å²) in [5.74, 6) is 0.0509. The van der Waals surface area contributed by atoms with Crippen LogP contribution in [-0.4, -0.2) is 24.9 Å². The smallest absolute Gasteiger partial charge is 0.253 e. The fraction of sp³-hybridized carbons (Fsp3) is 0.417. The Morgan fingerprint density at radius 1 is 1.07 bits per heavy atom. The molecule has 1 rings (SSSR count). The molecule has 1 aromatic carbocycles. The molecule has 1 aromatic rings. The largest absolute Gasteiger partial charge is 0.345 e. The van der Waals surface area contributed by atoms with Gasteiger partial charge in [0.25, 0.3) is 5.91 Å². The molecule has 1 amide bonds. The first-order valence-electron chi connectivity index (χ1n) is 4.89. The van der Waals surface area contributed by atoms with Gasteiger partial charge >= 0.3 is 0 Å². The number of carbonyl (C=O) groups is 1. The van der Waals surface area contributed by atoms with E-state index in [1.165, 1.54) is 5.56 Å². The molecule has 14 heavy (non-hydrogen) atoms. The van der Waals surface area contributed by atoms with Crippen molar-refractivity contribution in [3.8, 4) is 0 Å². The van der Waals surface area contributed by atoms with Gasteiger partial charge in [-0.15, -0.1) is 0 Å². The molecule has 0 saturated carbocycles. The van der Waals surface area contributed by atoms with Crippen molar-refractivity contribution >= 4 is 5.91 Å². The minimum absolute atomic E-state index is 0.0509. The molecule has 0 heterocycles. The molecular weight excluding hydrogens is 174 g/mol. The van der Waals surface area contributed by atoms with Gasteiger partial charge in [0.1, 0.15) is 0 Å². The van der Waals surface area contributed by atoms with Gasteiger partial charge in [0.2, 0.25) is 0 Å². The van der Waals surface area contributed by atoms with Crippen LogP contribution in [0.1, 0.15) is 29.8 Å². The summed E-state index contributed by atoms with van der Waals surface area (Å²) >= 11 is 0. The molecule has 0 aliphatic carbocycles. The van der Waals surface area contributed by atoms with Crippen LogP contribution in [0.25, 0.3) is 0 Å². The predicted octanol–water partition coefficient (Wildman–Crippen LogP) is 2.72. The van der Waals surface area contributed by atoms with E-state index in [1.54, 1.807) is 19.0 Å². The van der Waals surface area contributed by atoms with E-state index >= 15 is 0 Å². The van der Waals surface area contributed by atoms with Crippen LogP contribution in [0.15, 0.2) is 24.3 Å². The predicted molar refractivity (Wildman–Crippen MR) is 60.5 cm³/mol. The van der Waals surface area contributed by atoms with E-state index in [-0.39, 0.29) is 5.91 Å². The van der Waals surface area contributed by atoms with Gasteiger partial charge in [0.15, 0.2) is 0 Å².